The fourth-order valence-electron chi connectivity index (χ4n) is 7.09. The number of fused-ring (bicyclic) bond motifs is 6. The van der Waals surface area contributed by atoms with Crippen molar-refractivity contribution in [3.8, 4) is 22.6 Å². The summed E-state index contributed by atoms with van der Waals surface area (Å²) < 4.78 is 64.3. The zero-order valence-corrected chi connectivity index (χ0v) is 29.3. The van der Waals surface area contributed by atoms with Crippen molar-refractivity contribution in [1.29, 1.82) is 0 Å². The van der Waals surface area contributed by atoms with Crippen LogP contribution in [0.15, 0.2) is 77.3 Å². The fourth-order valence-corrected chi connectivity index (χ4v) is 7.60. The number of rotatable bonds is 7. The van der Waals surface area contributed by atoms with Crippen molar-refractivity contribution in [2.75, 3.05) is 37.7 Å². The fraction of sp³-hybridized carbons (Fsp3) is 0.211. The number of benzene rings is 3. The van der Waals surface area contributed by atoms with Gasteiger partial charge in [-0.2, -0.15) is 0 Å². The van der Waals surface area contributed by atoms with Gasteiger partial charge in [0.1, 0.15) is 28.8 Å². The van der Waals surface area contributed by atoms with E-state index in [-0.39, 0.29) is 28.4 Å². The lowest BCUT2D eigenvalue weighted by molar-refractivity contribution is 0.0964. The first kappa shape index (κ1) is 33.2. The molecule has 5 heterocycles. The molecule has 1 aliphatic heterocycles. The van der Waals surface area contributed by atoms with Gasteiger partial charge in [-0.3, -0.25) is 23.4 Å². The first-order valence-corrected chi connectivity index (χ1v) is 18.2. The van der Waals surface area contributed by atoms with E-state index < -0.39 is 27.3 Å². The second-order valence-electron chi connectivity index (χ2n) is 13.4. The number of hydrogen-bond acceptors (Lipinski definition) is 7. The molecule has 11 nitrogen and oxygen atoms in total. The van der Waals surface area contributed by atoms with Gasteiger partial charge in [0.15, 0.2) is 0 Å². The molecule has 1 N–H and O–H groups in total. The maximum Gasteiger partial charge on any atom is 0.255 e. The minimum absolute atomic E-state index is 0.182. The Labute approximate surface area is 297 Å². The number of carbonyl (C=O) groups excluding carboxylic acids is 1. The first-order chi connectivity index (χ1) is 24.8. The van der Waals surface area contributed by atoms with E-state index in [2.05, 4.69) is 15.1 Å². The van der Waals surface area contributed by atoms with Gasteiger partial charge in [0.25, 0.3) is 11.4 Å². The molecule has 52 heavy (non-hydrogen) atoms. The Kier molecular flexibility index (Phi) is 7.56. The Hall–Kier alpha value is -5.91. The van der Waals surface area contributed by atoms with Crippen LogP contribution in [0.5, 0.6) is 0 Å². The minimum Gasteiger partial charge on any atom is -0.455 e. The number of furan rings is 1. The SMILES string of the molecule is [C-]#[N+]C1(C)CN(Cc2nc3cnc(-c4cc5c(C(=O)NC)c(-c6ccc(F)cc6)oc5cc4N(C)S(C)(=O)=O)cc3c3cc4c(F)cccc4n23)C1. The quantitative estimate of drug-likeness (QED) is 0.184. The van der Waals surface area contributed by atoms with Gasteiger partial charge < -0.3 is 14.6 Å². The second kappa shape index (κ2) is 11.8. The maximum absolute atomic E-state index is 15.3. The molecule has 0 atom stereocenters. The predicted octanol–water partition coefficient (Wildman–Crippen LogP) is 6.64. The largest absolute Gasteiger partial charge is 0.455 e. The number of likely N-dealkylation sites (tertiary alicyclic amines) is 1. The van der Waals surface area contributed by atoms with Gasteiger partial charge in [-0.05, 0) is 54.6 Å². The number of carbonyl (C=O) groups is 1. The van der Waals surface area contributed by atoms with Crippen LogP contribution in [0.1, 0.15) is 23.1 Å². The highest BCUT2D eigenvalue weighted by atomic mass is 32.2. The third kappa shape index (κ3) is 5.32. The average molecular weight is 720 g/mol. The number of nitrogens with one attached hydrogen (secondary N) is 1. The number of nitrogens with zero attached hydrogens (tertiary/aromatic N) is 6. The van der Waals surface area contributed by atoms with E-state index in [1.165, 1.54) is 44.4 Å². The summed E-state index contributed by atoms with van der Waals surface area (Å²) in [4.78, 5) is 29.0. The number of aromatic nitrogens is 3. The molecule has 7 aromatic rings. The molecule has 0 saturated carbocycles. The van der Waals surface area contributed by atoms with E-state index in [9.17, 15) is 17.6 Å². The highest BCUT2D eigenvalue weighted by molar-refractivity contribution is 7.92. The molecule has 0 bridgehead atoms. The minimum atomic E-state index is -3.80. The molecule has 1 aliphatic rings. The highest BCUT2D eigenvalue weighted by Crippen LogP contribution is 2.42. The molecule has 4 aromatic heterocycles. The monoisotopic (exact) mass is 719 g/mol. The Morgan fingerprint density at radius 1 is 1.06 bits per heavy atom. The van der Waals surface area contributed by atoms with E-state index in [4.69, 9.17) is 21.0 Å². The van der Waals surface area contributed by atoms with Gasteiger partial charge in [-0.1, -0.05) is 6.07 Å². The first-order valence-electron chi connectivity index (χ1n) is 16.3. The second-order valence-corrected chi connectivity index (χ2v) is 15.4. The number of anilines is 1. The number of amides is 1. The lowest BCUT2D eigenvalue weighted by Crippen LogP contribution is -2.57. The molecule has 1 saturated heterocycles. The molecule has 0 aliphatic carbocycles. The Morgan fingerprint density at radius 3 is 2.50 bits per heavy atom. The Balaban J connectivity index is 1.38. The Morgan fingerprint density at radius 2 is 1.81 bits per heavy atom. The van der Waals surface area contributed by atoms with E-state index in [1.54, 1.807) is 36.5 Å². The maximum atomic E-state index is 15.3. The van der Waals surface area contributed by atoms with Crippen LogP contribution in [-0.4, -0.2) is 72.6 Å². The van der Waals surface area contributed by atoms with Crippen LogP contribution in [0, 0.1) is 18.2 Å². The molecule has 14 heteroatoms. The molecule has 262 valence electrons. The number of sulfonamides is 1. The number of halogens is 2. The predicted molar refractivity (Wildman–Crippen MR) is 195 cm³/mol. The van der Waals surface area contributed by atoms with E-state index >= 15 is 4.39 Å². The van der Waals surface area contributed by atoms with Crippen molar-refractivity contribution in [3.05, 3.63) is 107 Å². The van der Waals surface area contributed by atoms with Crippen LogP contribution in [0.25, 0.3) is 65.7 Å². The summed E-state index contributed by atoms with van der Waals surface area (Å²) in [6, 6.07) is 17.1. The van der Waals surface area contributed by atoms with E-state index in [0.29, 0.717) is 75.0 Å². The number of pyridine rings is 1. The topological polar surface area (TPSA) is 117 Å². The van der Waals surface area contributed by atoms with Gasteiger partial charge in [-0.15, -0.1) is 0 Å². The summed E-state index contributed by atoms with van der Waals surface area (Å²) in [5, 5.41) is 4.08. The third-order valence-electron chi connectivity index (χ3n) is 9.70. The summed E-state index contributed by atoms with van der Waals surface area (Å²) in [5.74, 6) is -0.462. The summed E-state index contributed by atoms with van der Waals surface area (Å²) in [5.41, 5.74) is 3.23. The molecule has 0 spiro atoms. The number of hydrogen-bond donors (Lipinski definition) is 1. The van der Waals surface area contributed by atoms with Crippen LogP contribution in [0.4, 0.5) is 14.5 Å². The highest BCUT2D eigenvalue weighted by Gasteiger charge is 2.45. The molecule has 1 amide bonds. The molecular weight excluding hydrogens is 689 g/mol. The van der Waals surface area contributed by atoms with Crippen molar-refractivity contribution in [1.82, 2.24) is 24.6 Å². The van der Waals surface area contributed by atoms with Crippen LogP contribution >= 0.6 is 0 Å². The Bertz CT molecular complexity index is 2780. The van der Waals surface area contributed by atoms with Crippen LogP contribution < -0.4 is 9.62 Å². The normalized spacial score (nSPS) is 14.6. The summed E-state index contributed by atoms with van der Waals surface area (Å²) in [6.45, 7) is 11.0. The van der Waals surface area contributed by atoms with Crippen LogP contribution in [0.2, 0.25) is 0 Å². The standard InChI is InChI=1S/C38H31F2N7O4S/c1-38(42-3)19-46(20-38)18-34-44-29-17-43-28(14-25(29)32-15-23-27(40)7-6-8-30(23)47(32)34)24-13-26-33(16-31(24)45(4)52(5,49)50)51-36(35(26)37(48)41-2)21-9-11-22(39)12-10-21/h6-17H,18-20H2,1-2,4-5H3,(H,41,48). The molecule has 8 rings (SSSR count). The van der Waals surface area contributed by atoms with Gasteiger partial charge in [0, 0.05) is 54.4 Å². The molecular formula is C38H31F2N7O4S. The van der Waals surface area contributed by atoms with Gasteiger partial charge >= 0.3 is 0 Å². The lowest BCUT2D eigenvalue weighted by atomic mass is 9.93. The van der Waals surface area contributed by atoms with Gasteiger partial charge in [0.05, 0.1) is 65.6 Å². The van der Waals surface area contributed by atoms with Crippen molar-refractivity contribution in [3.63, 3.8) is 0 Å². The van der Waals surface area contributed by atoms with E-state index in [0.717, 1.165) is 10.6 Å². The molecule has 3 aromatic carbocycles. The zero-order chi connectivity index (χ0) is 36.7. The van der Waals surface area contributed by atoms with Gasteiger partial charge in [0.2, 0.25) is 10.0 Å². The summed E-state index contributed by atoms with van der Waals surface area (Å²) in [6.07, 6.45) is 2.67. The smallest absolute Gasteiger partial charge is 0.255 e. The summed E-state index contributed by atoms with van der Waals surface area (Å²) in [7, 11) is -0.906. The van der Waals surface area contributed by atoms with E-state index in [1.807, 2.05) is 17.4 Å². The van der Waals surface area contributed by atoms with Crippen molar-refractivity contribution in [2.45, 2.75) is 19.0 Å². The summed E-state index contributed by atoms with van der Waals surface area (Å²) >= 11 is 0. The van der Waals surface area contributed by atoms with Gasteiger partial charge in [-0.25, -0.2) is 28.8 Å². The van der Waals surface area contributed by atoms with Crippen molar-refractivity contribution < 1.29 is 26.4 Å². The lowest BCUT2D eigenvalue weighted by Gasteiger charge is -2.38. The van der Waals surface area contributed by atoms with Crippen molar-refractivity contribution in [2.24, 2.45) is 0 Å². The zero-order valence-electron chi connectivity index (χ0n) is 28.5. The average Bonchev–Trinajstić information content (AvgIpc) is 3.69. The molecule has 0 unspecified atom stereocenters. The molecule has 0 radical (unpaired) electrons. The third-order valence-corrected chi connectivity index (χ3v) is 10.9. The van der Waals surface area contributed by atoms with Crippen molar-refractivity contribution >= 4 is 59.9 Å². The van der Waals surface area contributed by atoms with Crippen LogP contribution in [0.3, 0.4) is 0 Å². The molecule has 1 fully saturated rings. The van der Waals surface area contributed by atoms with Crippen LogP contribution in [-0.2, 0) is 16.6 Å².